The number of morpholine rings is 1. The number of likely N-dealkylation sites (tertiary alicyclic amines) is 1. The fourth-order valence-electron chi connectivity index (χ4n) is 5.31. The second-order valence-corrected chi connectivity index (χ2v) is 9.09. The molecule has 28 heavy (non-hydrogen) atoms. The lowest BCUT2D eigenvalue weighted by Gasteiger charge is -2.43. The van der Waals surface area contributed by atoms with E-state index in [2.05, 4.69) is 53.2 Å². The highest BCUT2D eigenvalue weighted by Gasteiger charge is 2.40. The second-order valence-electron chi connectivity index (χ2n) is 9.09. The molecule has 0 radical (unpaired) electrons. The lowest BCUT2D eigenvalue weighted by Crippen LogP contribution is -2.55. The van der Waals surface area contributed by atoms with E-state index in [0.29, 0.717) is 24.8 Å². The number of carbonyl (C=O) groups is 1. The quantitative estimate of drug-likeness (QED) is 0.818. The summed E-state index contributed by atoms with van der Waals surface area (Å²) >= 11 is 0. The Morgan fingerprint density at radius 3 is 2.50 bits per heavy atom. The largest absolute Gasteiger partial charge is 0.373 e. The van der Waals surface area contributed by atoms with Crippen molar-refractivity contribution in [1.82, 2.24) is 15.1 Å². The SMILES string of the molecule is CC1CN(CC2CCCN2CC(=O)NC2(c3ccccc3)CCC2)CC(C)O1. The van der Waals surface area contributed by atoms with E-state index in [4.69, 9.17) is 4.74 Å². The molecule has 3 aliphatic rings. The first-order valence-corrected chi connectivity index (χ1v) is 11.0. The zero-order valence-corrected chi connectivity index (χ0v) is 17.4. The van der Waals surface area contributed by atoms with Crippen molar-refractivity contribution in [2.45, 2.75) is 69.7 Å². The standard InChI is InChI=1S/C23H35N3O2/c1-18-14-25(15-19(2)28-18)16-21-10-6-13-26(21)17-22(27)24-23(11-7-12-23)20-8-4-3-5-9-20/h3-5,8-9,18-19,21H,6-7,10-17H2,1-2H3,(H,24,27). The first-order valence-electron chi connectivity index (χ1n) is 11.0. The predicted octanol–water partition coefficient (Wildman–Crippen LogP) is 2.76. The molecule has 1 aromatic rings. The molecule has 1 aliphatic carbocycles. The third-order valence-electron chi connectivity index (χ3n) is 6.72. The minimum absolute atomic E-state index is 0.136. The molecular weight excluding hydrogens is 350 g/mol. The minimum atomic E-state index is -0.136. The Labute approximate surface area is 169 Å². The van der Waals surface area contributed by atoms with E-state index < -0.39 is 0 Å². The third kappa shape index (κ3) is 4.42. The topological polar surface area (TPSA) is 44.8 Å². The first kappa shape index (κ1) is 19.9. The van der Waals surface area contributed by atoms with Crippen molar-refractivity contribution in [3.63, 3.8) is 0 Å². The van der Waals surface area contributed by atoms with Gasteiger partial charge in [0.15, 0.2) is 0 Å². The molecule has 1 saturated carbocycles. The molecule has 154 valence electrons. The molecule has 1 amide bonds. The molecule has 0 spiro atoms. The molecule has 3 unspecified atom stereocenters. The average Bonchev–Trinajstić information content (AvgIpc) is 3.04. The van der Waals surface area contributed by atoms with Gasteiger partial charge in [0.1, 0.15) is 0 Å². The Kier molecular flexibility index (Phi) is 6.04. The lowest BCUT2D eigenvalue weighted by atomic mass is 9.72. The lowest BCUT2D eigenvalue weighted by molar-refractivity contribution is -0.126. The van der Waals surface area contributed by atoms with Gasteiger partial charge in [0.2, 0.25) is 5.91 Å². The van der Waals surface area contributed by atoms with Gasteiger partial charge in [0.05, 0.1) is 24.3 Å². The minimum Gasteiger partial charge on any atom is -0.373 e. The van der Waals surface area contributed by atoms with Gasteiger partial charge < -0.3 is 10.1 Å². The summed E-state index contributed by atoms with van der Waals surface area (Å²) in [5.41, 5.74) is 1.12. The molecule has 5 nitrogen and oxygen atoms in total. The molecule has 0 bridgehead atoms. The van der Waals surface area contributed by atoms with Gasteiger partial charge in [-0.15, -0.1) is 0 Å². The molecule has 3 fully saturated rings. The fraction of sp³-hybridized carbons (Fsp3) is 0.696. The van der Waals surface area contributed by atoms with Crippen molar-refractivity contribution in [1.29, 1.82) is 0 Å². The maximum absolute atomic E-state index is 12.9. The van der Waals surface area contributed by atoms with Gasteiger partial charge in [-0.2, -0.15) is 0 Å². The fourth-order valence-corrected chi connectivity index (χ4v) is 5.31. The molecular formula is C23H35N3O2. The second kappa shape index (κ2) is 8.52. The highest BCUT2D eigenvalue weighted by Crippen LogP contribution is 2.41. The van der Waals surface area contributed by atoms with E-state index in [1.807, 2.05) is 6.07 Å². The monoisotopic (exact) mass is 385 g/mol. The van der Waals surface area contributed by atoms with Crippen molar-refractivity contribution in [3.8, 4) is 0 Å². The molecule has 0 aromatic heterocycles. The Bertz CT molecular complexity index is 651. The summed E-state index contributed by atoms with van der Waals surface area (Å²) in [7, 11) is 0. The van der Waals surface area contributed by atoms with Crippen LogP contribution in [0.3, 0.4) is 0 Å². The van der Waals surface area contributed by atoms with Crippen molar-refractivity contribution in [2.75, 3.05) is 32.7 Å². The molecule has 1 aromatic carbocycles. The van der Waals surface area contributed by atoms with Crippen molar-refractivity contribution in [2.24, 2.45) is 0 Å². The molecule has 2 heterocycles. The summed E-state index contributed by atoms with van der Waals surface area (Å²) < 4.78 is 5.87. The highest BCUT2D eigenvalue weighted by atomic mass is 16.5. The van der Waals surface area contributed by atoms with Crippen LogP contribution in [0.2, 0.25) is 0 Å². The summed E-state index contributed by atoms with van der Waals surface area (Å²) in [6.07, 6.45) is 6.27. The van der Waals surface area contributed by atoms with E-state index in [9.17, 15) is 4.79 Å². The average molecular weight is 386 g/mol. The van der Waals surface area contributed by atoms with Crippen LogP contribution in [0, 0.1) is 0 Å². The zero-order valence-electron chi connectivity index (χ0n) is 17.4. The first-order chi connectivity index (χ1) is 13.5. The molecule has 5 heteroatoms. The maximum Gasteiger partial charge on any atom is 0.234 e. The summed E-state index contributed by atoms with van der Waals surface area (Å²) in [6, 6.07) is 11.0. The normalized spacial score (nSPS) is 30.7. The van der Waals surface area contributed by atoms with E-state index in [1.165, 1.54) is 24.8 Å². The van der Waals surface area contributed by atoms with Crippen molar-refractivity contribution < 1.29 is 9.53 Å². The van der Waals surface area contributed by atoms with Crippen molar-refractivity contribution >= 4 is 5.91 Å². The summed E-state index contributed by atoms with van der Waals surface area (Å²) in [4.78, 5) is 17.9. The summed E-state index contributed by atoms with van der Waals surface area (Å²) in [5, 5.41) is 3.40. The van der Waals surface area contributed by atoms with Crippen LogP contribution in [0.25, 0.3) is 0 Å². The Hall–Kier alpha value is -1.43. The smallest absolute Gasteiger partial charge is 0.234 e. The summed E-state index contributed by atoms with van der Waals surface area (Å²) in [5.74, 6) is 0.180. The van der Waals surface area contributed by atoms with Crippen molar-refractivity contribution in [3.05, 3.63) is 35.9 Å². The van der Waals surface area contributed by atoms with Gasteiger partial charge in [0, 0.05) is 25.7 Å². The number of carbonyl (C=O) groups excluding carboxylic acids is 1. The van der Waals surface area contributed by atoms with Gasteiger partial charge in [0.25, 0.3) is 0 Å². The third-order valence-corrected chi connectivity index (χ3v) is 6.72. The Balaban J connectivity index is 1.33. The highest BCUT2D eigenvalue weighted by molar-refractivity contribution is 5.79. The number of benzene rings is 1. The summed E-state index contributed by atoms with van der Waals surface area (Å²) in [6.45, 7) is 8.92. The van der Waals surface area contributed by atoms with Gasteiger partial charge >= 0.3 is 0 Å². The predicted molar refractivity (Wildman–Crippen MR) is 111 cm³/mol. The molecule has 3 atom stereocenters. The number of rotatable bonds is 6. The number of hydrogen-bond donors (Lipinski definition) is 1. The Morgan fingerprint density at radius 2 is 1.86 bits per heavy atom. The maximum atomic E-state index is 12.9. The van der Waals surface area contributed by atoms with Gasteiger partial charge in [-0.05, 0) is 58.1 Å². The van der Waals surface area contributed by atoms with E-state index in [-0.39, 0.29) is 11.4 Å². The van der Waals surface area contributed by atoms with Crippen LogP contribution < -0.4 is 5.32 Å². The number of hydrogen-bond acceptors (Lipinski definition) is 4. The molecule has 2 saturated heterocycles. The Morgan fingerprint density at radius 1 is 1.14 bits per heavy atom. The number of ether oxygens (including phenoxy) is 1. The zero-order chi connectivity index (χ0) is 19.6. The molecule has 2 aliphatic heterocycles. The molecule has 1 N–H and O–H groups in total. The van der Waals surface area contributed by atoms with Crippen LogP contribution in [-0.2, 0) is 15.1 Å². The van der Waals surface area contributed by atoms with E-state index in [1.54, 1.807) is 0 Å². The number of nitrogens with one attached hydrogen (secondary N) is 1. The number of nitrogens with zero attached hydrogens (tertiary/aromatic N) is 2. The molecule has 4 rings (SSSR count). The van der Waals surface area contributed by atoms with E-state index >= 15 is 0 Å². The van der Waals surface area contributed by atoms with Crippen LogP contribution in [0.5, 0.6) is 0 Å². The van der Waals surface area contributed by atoms with Gasteiger partial charge in [-0.25, -0.2) is 0 Å². The van der Waals surface area contributed by atoms with Crippen LogP contribution in [0.15, 0.2) is 30.3 Å². The van der Waals surface area contributed by atoms with Crippen LogP contribution in [0.4, 0.5) is 0 Å². The van der Waals surface area contributed by atoms with Crippen LogP contribution in [0.1, 0.15) is 51.5 Å². The van der Waals surface area contributed by atoms with Crippen LogP contribution >= 0.6 is 0 Å². The van der Waals surface area contributed by atoms with Gasteiger partial charge in [-0.1, -0.05) is 30.3 Å². The van der Waals surface area contributed by atoms with Gasteiger partial charge in [-0.3, -0.25) is 14.6 Å². The number of amides is 1. The van der Waals surface area contributed by atoms with Crippen LogP contribution in [-0.4, -0.2) is 66.7 Å². The van der Waals surface area contributed by atoms with E-state index in [0.717, 1.165) is 39.0 Å².